The summed E-state index contributed by atoms with van der Waals surface area (Å²) in [5.41, 5.74) is 2.78. The quantitative estimate of drug-likeness (QED) is 0.822. The van der Waals surface area contributed by atoms with Crippen molar-refractivity contribution in [3.05, 3.63) is 35.5 Å². The van der Waals surface area contributed by atoms with Crippen LogP contribution >= 0.6 is 0 Å². The average Bonchev–Trinajstić information content (AvgIpc) is 2.79. The van der Waals surface area contributed by atoms with Crippen molar-refractivity contribution in [2.75, 3.05) is 11.9 Å². The molecule has 0 spiro atoms. The van der Waals surface area contributed by atoms with Gasteiger partial charge in [0.15, 0.2) is 6.29 Å². The lowest BCUT2D eigenvalue weighted by atomic mass is 10.1. The summed E-state index contributed by atoms with van der Waals surface area (Å²) >= 11 is 0. The number of fused-ring (bicyclic) bond motifs is 1. The molecule has 1 aromatic carbocycles. The molecule has 0 fully saturated rings. The number of imidazole rings is 1. The third-order valence-electron chi connectivity index (χ3n) is 3.27. The molecule has 0 saturated heterocycles. The van der Waals surface area contributed by atoms with Crippen molar-refractivity contribution >= 4 is 12.1 Å². The molecule has 2 aromatic rings. The van der Waals surface area contributed by atoms with E-state index in [0.29, 0.717) is 5.69 Å². The Morgan fingerprint density at radius 1 is 1.33 bits per heavy atom. The first-order valence-electron chi connectivity index (χ1n) is 6.16. The minimum atomic E-state index is 0.505. The lowest BCUT2D eigenvalue weighted by molar-refractivity contribution is 0.112. The summed E-state index contributed by atoms with van der Waals surface area (Å²) in [6, 6.07) is 8.23. The van der Waals surface area contributed by atoms with Crippen LogP contribution in [0.15, 0.2) is 24.3 Å². The molecule has 0 amide bonds. The van der Waals surface area contributed by atoms with Gasteiger partial charge in [0.05, 0.1) is 0 Å². The minimum absolute atomic E-state index is 0.505. The summed E-state index contributed by atoms with van der Waals surface area (Å²) in [5, 5.41) is 3.25. The van der Waals surface area contributed by atoms with Gasteiger partial charge in [-0.05, 0) is 13.3 Å². The summed E-state index contributed by atoms with van der Waals surface area (Å²) in [4.78, 5) is 15.5. The highest BCUT2D eigenvalue weighted by molar-refractivity contribution is 5.83. The summed E-state index contributed by atoms with van der Waals surface area (Å²) in [6.07, 6.45) is 1.88. The zero-order valence-corrected chi connectivity index (χ0v) is 10.3. The molecule has 4 nitrogen and oxygen atoms in total. The van der Waals surface area contributed by atoms with Crippen molar-refractivity contribution in [1.82, 2.24) is 9.55 Å². The highest BCUT2D eigenvalue weighted by Gasteiger charge is 2.19. The van der Waals surface area contributed by atoms with Crippen LogP contribution in [0.25, 0.3) is 11.4 Å². The Morgan fingerprint density at radius 3 is 2.83 bits per heavy atom. The predicted molar refractivity (Wildman–Crippen MR) is 70.9 cm³/mol. The zero-order valence-electron chi connectivity index (χ0n) is 10.3. The molecule has 1 aliphatic heterocycles. The average molecular weight is 241 g/mol. The van der Waals surface area contributed by atoms with E-state index in [1.54, 1.807) is 0 Å². The number of hydrogen-bond donors (Lipinski definition) is 1. The first-order valence-corrected chi connectivity index (χ1v) is 6.16. The predicted octanol–water partition coefficient (Wildman–Crippen LogP) is 2.49. The molecule has 0 bridgehead atoms. The Morgan fingerprint density at radius 2 is 2.11 bits per heavy atom. The molecule has 0 aliphatic carbocycles. The molecule has 1 aliphatic rings. The number of carbonyl (C=O) groups is 1. The second-order valence-corrected chi connectivity index (χ2v) is 4.59. The van der Waals surface area contributed by atoms with Crippen LogP contribution < -0.4 is 5.32 Å². The van der Waals surface area contributed by atoms with Crippen molar-refractivity contribution in [2.24, 2.45) is 0 Å². The Kier molecular flexibility index (Phi) is 2.63. The van der Waals surface area contributed by atoms with Gasteiger partial charge in [-0.3, -0.25) is 4.79 Å². The molecule has 18 heavy (non-hydrogen) atoms. The first-order chi connectivity index (χ1) is 8.79. The Labute approximate surface area is 106 Å². The fourth-order valence-electron chi connectivity index (χ4n) is 2.32. The Bertz CT molecular complexity index is 584. The van der Waals surface area contributed by atoms with Crippen LogP contribution in [-0.2, 0) is 6.54 Å². The molecule has 4 heteroatoms. The number of rotatable bonds is 2. The standard InChI is InChI=1S/C14H15N3O/c1-10-3-5-11(6-4-10)13-16-12(9-18)14-15-7-2-8-17(13)14/h3-6,9,15H,2,7-8H2,1H3. The van der Waals surface area contributed by atoms with Gasteiger partial charge in [-0.15, -0.1) is 0 Å². The molecule has 3 rings (SSSR count). The van der Waals surface area contributed by atoms with Gasteiger partial charge in [-0.2, -0.15) is 0 Å². The molecule has 0 atom stereocenters. The topological polar surface area (TPSA) is 46.9 Å². The monoisotopic (exact) mass is 241 g/mol. The number of hydrogen-bond acceptors (Lipinski definition) is 3. The zero-order chi connectivity index (χ0) is 12.5. The van der Waals surface area contributed by atoms with Crippen molar-refractivity contribution < 1.29 is 4.79 Å². The second-order valence-electron chi connectivity index (χ2n) is 4.59. The van der Waals surface area contributed by atoms with Gasteiger partial charge in [-0.1, -0.05) is 29.8 Å². The number of benzene rings is 1. The molecule has 1 aromatic heterocycles. The normalized spacial score (nSPS) is 13.8. The van der Waals surface area contributed by atoms with Crippen LogP contribution in [0.4, 0.5) is 5.82 Å². The van der Waals surface area contributed by atoms with Gasteiger partial charge >= 0.3 is 0 Å². The number of nitrogens with one attached hydrogen (secondary N) is 1. The second kappa shape index (κ2) is 4.29. The smallest absolute Gasteiger partial charge is 0.172 e. The van der Waals surface area contributed by atoms with Crippen LogP contribution in [0.2, 0.25) is 0 Å². The van der Waals surface area contributed by atoms with Gasteiger partial charge in [-0.25, -0.2) is 4.98 Å². The van der Waals surface area contributed by atoms with Crippen molar-refractivity contribution in [1.29, 1.82) is 0 Å². The molecule has 0 radical (unpaired) electrons. The van der Waals surface area contributed by atoms with Gasteiger partial charge in [0.2, 0.25) is 0 Å². The highest BCUT2D eigenvalue weighted by atomic mass is 16.1. The van der Waals surface area contributed by atoms with Crippen LogP contribution in [0.5, 0.6) is 0 Å². The number of aromatic nitrogens is 2. The summed E-state index contributed by atoms with van der Waals surface area (Å²) in [7, 11) is 0. The number of carbonyl (C=O) groups excluding carboxylic acids is 1. The minimum Gasteiger partial charge on any atom is -0.369 e. The van der Waals surface area contributed by atoms with Gasteiger partial charge in [0, 0.05) is 18.7 Å². The maximum Gasteiger partial charge on any atom is 0.172 e. The summed E-state index contributed by atoms with van der Waals surface area (Å²) < 4.78 is 2.10. The van der Waals surface area contributed by atoms with E-state index in [9.17, 15) is 4.79 Å². The number of aryl methyl sites for hydroxylation is 1. The SMILES string of the molecule is Cc1ccc(-c2nc(C=O)c3n2CCCN3)cc1. The van der Waals surface area contributed by atoms with E-state index >= 15 is 0 Å². The lowest BCUT2D eigenvalue weighted by Crippen LogP contribution is -2.18. The van der Waals surface area contributed by atoms with Crippen LogP contribution in [-0.4, -0.2) is 22.4 Å². The van der Waals surface area contributed by atoms with Gasteiger partial charge < -0.3 is 9.88 Å². The van der Waals surface area contributed by atoms with E-state index in [4.69, 9.17) is 0 Å². The summed E-state index contributed by atoms with van der Waals surface area (Å²) in [6.45, 7) is 3.87. The molecule has 0 saturated carbocycles. The van der Waals surface area contributed by atoms with E-state index in [-0.39, 0.29) is 0 Å². The first kappa shape index (κ1) is 11.0. The van der Waals surface area contributed by atoms with Gasteiger partial charge in [0.25, 0.3) is 0 Å². The molecular weight excluding hydrogens is 226 g/mol. The van der Waals surface area contributed by atoms with E-state index in [1.165, 1.54) is 5.56 Å². The Hall–Kier alpha value is -2.10. The Balaban J connectivity index is 2.14. The van der Waals surface area contributed by atoms with Crippen LogP contribution in [0, 0.1) is 6.92 Å². The maximum atomic E-state index is 11.1. The van der Waals surface area contributed by atoms with E-state index < -0.39 is 0 Å². The fraction of sp³-hybridized carbons (Fsp3) is 0.286. The van der Waals surface area contributed by atoms with Crippen LogP contribution in [0.1, 0.15) is 22.5 Å². The molecular formula is C14H15N3O. The number of anilines is 1. The third kappa shape index (κ3) is 1.70. The van der Waals surface area contributed by atoms with Crippen molar-refractivity contribution in [2.45, 2.75) is 19.9 Å². The number of aldehydes is 1. The molecule has 0 unspecified atom stereocenters. The molecule has 92 valence electrons. The largest absolute Gasteiger partial charge is 0.369 e. The maximum absolute atomic E-state index is 11.1. The highest BCUT2D eigenvalue weighted by Crippen LogP contribution is 2.28. The van der Waals surface area contributed by atoms with Crippen LogP contribution in [0.3, 0.4) is 0 Å². The number of nitrogens with zero attached hydrogens (tertiary/aromatic N) is 2. The third-order valence-corrected chi connectivity index (χ3v) is 3.27. The summed E-state index contributed by atoms with van der Waals surface area (Å²) in [5.74, 6) is 1.73. The van der Waals surface area contributed by atoms with E-state index in [0.717, 1.165) is 43.0 Å². The molecule has 1 N–H and O–H groups in total. The van der Waals surface area contributed by atoms with Crippen molar-refractivity contribution in [3.8, 4) is 11.4 Å². The van der Waals surface area contributed by atoms with Gasteiger partial charge in [0.1, 0.15) is 17.3 Å². The van der Waals surface area contributed by atoms with E-state index in [1.807, 2.05) is 12.1 Å². The lowest BCUT2D eigenvalue weighted by Gasteiger charge is -2.18. The molecule has 2 heterocycles. The van der Waals surface area contributed by atoms with Crippen molar-refractivity contribution in [3.63, 3.8) is 0 Å². The fourth-order valence-corrected chi connectivity index (χ4v) is 2.32. The van der Waals surface area contributed by atoms with E-state index in [2.05, 4.69) is 33.9 Å².